The fourth-order valence-electron chi connectivity index (χ4n) is 2.28. The summed E-state index contributed by atoms with van der Waals surface area (Å²) < 4.78 is 0. The van der Waals surface area contributed by atoms with Gasteiger partial charge in [-0.3, -0.25) is 9.59 Å². The van der Waals surface area contributed by atoms with Crippen LogP contribution in [0.5, 0.6) is 0 Å². The maximum atomic E-state index is 12.4. The Hall–Kier alpha value is -1.14. The molecule has 4 nitrogen and oxygen atoms in total. The van der Waals surface area contributed by atoms with E-state index in [4.69, 9.17) is 0 Å². The van der Waals surface area contributed by atoms with Crippen molar-refractivity contribution in [2.24, 2.45) is 0 Å². The highest BCUT2D eigenvalue weighted by atomic mass is 32.2. The van der Waals surface area contributed by atoms with Crippen molar-refractivity contribution >= 4 is 35.3 Å². The zero-order valence-corrected chi connectivity index (χ0v) is 15.5. The van der Waals surface area contributed by atoms with E-state index in [0.717, 1.165) is 10.6 Å². The molecular weight excluding hydrogens is 328 g/mol. The van der Waals surface area contributed by atoms with Crippen molar-refractivity contribution in [3.05, 3.63) is 30.3 Å². The van der Waals surface area contributed by atoms with Gasteiger partial charge in [-0.05, 0) is 32.9 Å². The largest absolute Gasteiger partial charge is 0.350 e. The Balaban J connectivity index is 1.84. The molecule has 1 aliphatic heterocycles. The summed E-state index contributed by atoms with van der Waals surface area (Å²) in [4.78, 5) is 27.7. The van der Waals surface area contributed by atoms with Crippen LogP contribution in [0.2, 0.25) is 0 Å². The van der Waals surface area contributed by atoms with Crippen LogP contribution in [0.25, 0.3) is 0 Å². The highest BCUT2D eigenvalue weighted by Crippen LogP contribution is 2.24. The second-order valence-corrected chi connectivity index (χ2v) is 8.70. The third kappa shape index (κ3) is 5.77. The predicted molar refractivity (Wildman–Crippen MR) is 97.6 cm³/mol. The monoisotopic (exact) mass is 352 g/mol. The van der Waals surface area contributed by atoms with E-state index in [2.05, 4.69) is 5.32 Å². The van der Waals surface area contributed by atoms with Crippen LogP contribution in [-0.4, -0.2) is 45.7 Å². The third-order valence-corrected chi connectivity index (χ3v) is 5.36. The molecule has 0 bridgehead atoms. The van der Waals surface area contributed by atoms with Crippen LogP contribution in [0.4, 0.5) is 0 Å². The number of thioether (sulfide) groups is 2. The van der Waals surface area contributed by atoms with Crippen LogP contribution in [0.1, 0.15) is 27.2 Å². The van der Waals surface area contributed by atoms with Crippen molar-refractivity contribution in [3.63, 3.8) is 0 Å². The smallest absolute Gasteiger partial charge is 0.244 e. The van der Waals surface area contributed by atoms with Crippen LogP contribution < -0.4 is 5.32 Å². The number of rotatable bonds is 5. The molecule has 1 heterocycles. The van der Waals surface area contributed by atoms with Crippen molar-refractivity contribution < 1.29 is 9.59 Å². The van der Waals surface area contributed by atoms with E-state index in [1.807, 2.05) is 51.1 Å². The molecule has 0 aliphatic carbocycles. The Morgan fingerprint density at radius 1 is 1.30 bits per heavy atom. The number of carbonyl (C=O) groups excluding carboxylic acids is 2. The maximum Gasteiger partial charge on any atom is 0.244 e. The lowest BCUT2D eigenvalue weighted by molar-refractivity contribution is -0.138. The predicted octanol–water partition coefficient (Wildman–Crippen LogP) is 2.99. The normalized spacial score (nSPS) is 18.0. The first-order chi connectivity index (χ1) is 10.9. The van der Waals surface area contributed by atoms with Crippen molar-refractivity contribution in [2.45, 2.75) is 43.7 Å². The van der Waals surface area contributed by atoms with Gasteiger partial charge in [0.1, 0.15) is 6.04 Å². The SMILES string of the molecule is CC(C)(C)NC(=O)C1CSCN1C(=O)CCSc1ccccc1. The first-order valence-corrected chi connectivity index (χ1v) is 9.88. The molecule has 1 aromatic carbocycles. The number of amides is 2. The minimum Gasteiger partial charge on any atom is -0.350 e. The van der Waals surface area contributed by atoms with E-state index in [0.29, 0.717) is 18.1 Å². The van der Waals surface area contributed by atoms with E-state index in [1.165, 1.54) is 0 Å². The molecular formula is C17H24N2O2S2. The maximum absolute atomic E-state index is 12.4. The van der Waals surface area contributed by atoms with E-state index in [-0.39, 0.29) is 23.4 Å². The lowest BCUT2D eigenvalue weighted by Crippen LogP contribution is -2.52. The molecule has 1 saturated heterocycles. The molecule has 1 atom stereocenters. The number of hydrogen-bond donors (Lipinski definition) is 1. The Morgan fingerprint density at radius 2 is 2.00 bits per heavy atom. The zero-order chi connectivity index (χ0) is 16.9. The third-order valence-electron chi connectivity index (χ3n) is 3.33. The standard InChI is InChI=1S/C17H24N2O2S2/c1-17(2,3)18-16(21)14-11-22-12-19(14)15(20)9-10-23-13-7-5-4-6-8-13/h4-8,14H,9-12H2,1-3H3,(H,18,21). The minimum atomic E-state index is -0.339. The second kappa shape index (κ2) is 8.11. The number of benzene rings is 1. The quantitative estimate of drug-likeness (QED) is 0.828. The average Bonchev–Trinajstić information content (AvgIpc) is 2.96. The number of carbonyl (C=O) groups is 2. The van der Waals surface area contributed by atoms with Crippen molar-refractivity contribution in [1.29, 1.82) is 0 Å². The lowest BCUT2D eigenvalue weighted by atomic mass is 10.1. The van der Waals surface area contributed by atoms with Gasteiger partial charge in [-0.25, -0.2) is 0 Å². The summed E-state index contributed by atoms with van der Waals surface area (Å²) in [5.74, 6) is 2.04. The molecule has 1 aromatic rings. The summed E-state index contributed by atoms with van der Waals surface area (Å²) in [6.07, 6.45) is 0.458. The number of hydrogen-bond acceptors (Lipinski definition) is 4. The van der Waals surface area contributed by atoms with Gasteiger partial charge >= 0.3 is 0 Å². The first kappa shape index (κ1) is 18.2. The van der Waals surface area contributed by atoms with Crippen LogP contribution in [0.15, 0.2) is 35.2 Å². The summed E-state index contributed by atoms with van der Waals surface area (Å²) in [6, 6.07) is 9.71. The van der Waals surface area contributed by atoms with Gasteiger partial charge in [0, 0.05) is 28.4 Å². The molecule has 2 amide bonds. The van der Waals surface area contributed by atoms with Crippen LogP contribution in [0.3, 0.4) is 0 Å². The first-order valence-electron chi connectivity index (χ1n) is 7.74. The van der Waals surface area contributed by atoms with Crippen molar-refractivity contribution in [3.8, 4) is 0 Å². The molecule has 2 rings (SSSR count). The molecule has 0 radical (unpaired) electrons. The molecule has 1 unspecified atom stereocenters. The van der Waals surface area contributed by atoms with Gasteiger partial charge in [-0.1, -0.05) is 18.2 Å². The van der Waals surface area contributed by atoms with Gasteiger partial charge in [0.25, 0.3) is 0 Å². The molecule has 23 heavy (non-hydrogen) atoms. The second-order valence-electron chi connectivity index (χ2n) is 6.53. The highest BCUT2D eigenvalue weighted by Gasteiger charge is 2.35. The summed E-state index contributed by atoms with van der Waals surface area (Å²) in [7, 11) is 0. The van der Waals surface area contributed by atoms with Crippen LogP contribution >= 0.6 is 23.5 Å². The fraction of sp³-hybridized carbons (Fsp3) is 0.529. The van der Waals surface area contributed by atoms with E-state index >= 15 is 0 Å². The molecule has 1 aliphatic rings. The summed E-state index contributed by atoms with van der Waals surface area (Å²) in [6.45, 7) is 5.86. The highest BCUT2D eigenvalue weighted by molar-refractivity contribution is 7.99. The number of nitrogens with one attached hydrogen (secondary N) is 1. The molecule has 126 valence electrons. The van der Waals surface area contributed by atoms with Gasteiger partial charge in [0.05, 0.1) is 5.88 Å². The molecule has 0 aromatic heterocycles. The van der Waals surface area contributed by atoms with Gasteiger partial charge in [-0.15, -0.1) is 23.5 Å². The molecule has 6 heteroatoms. The molecule has 1 N–H and O–H groups in total. The van der Waals surface area contributed by atoms with E-state index < -0.39 is 0 Å². The van der Waals surface area contributed by atoms with Gasteiger partial charge in [-0.2, -0.15) is 0 Å². The minimum absolute atomic E-state index is 0.0495. The van der Waals surface area contributed by atoms with E-state index in [1.54, 1.807) is 28.4 Å². The fourth-order valence-corrected chi connectivity index (χ4v) is 4.32. The van der Waals surface area contributed by atoms with Gasteiger partial charge in [0.15, 0.2) is 0 Å². The Kier molecular flexibility index (Phi) is 6.41. The van der Waals surface area contributed by atoms with Crippen molar-refractivity contribution in [2.75, 3.05) is 17.4 Å². The lowest BCUT2D eigenvalue weighted by Gasteiger charge is -2.27. The molecule has 1 fully saturated rings. The Bertz CT molecular complexity index is 543. The Morgan fingerprint density at radius 3 is 2.65 bits per heavy atom. The van der Waals surface area contributed by atoms with Gasteiger partial charge < -0.3 is 10.2 Å². The summed E-state index contributed by atoms with van der Waals surface area (Å²) in [5.41, 5.74) is -0.276. The van der Waals surface area contributed by atoms with Gasteiger partial charge in [0.2, 0.25) is 11.8 Å². The Labute approximate surface area is 146 Å². The average molecular weight is 353 g/mol. The zero-order valence-electron chi connectivity index (χ0n) is 13.9. The summed E-state index contributed by atoms with van der Waals surface area (Å²) >= 11 is 3.31. The summed E-state index contributed by atoms with van der Waals surface area (Å²) in [5, 5.41) is 2.98. The molecule has 0 spiro atoms. The topological polar surface area (TPSA) is 49.4 Å². The number of nitrogens with zero attached hydrogens (tertiary/aromatic N) is 1. The van der Waals surface area contributed by atoms with Crippen LogP contribution in [0, 0.1) is 0 Å². The van der Waals surface area contributed by atoms with Crippen LogP contribution in [-0.2, 0) is 9.59 Å². The van der Waals surface area contributed by atoms with E-state index in [9.17, 15) is 9.59 Å². The van der Waals surface area contributed by atoms with Crippen molar-refractivity contribution in [1.82, 2.24) is 10.2 Å². The molecule has 0 saturated carbocycles.